The molecule has 0 aliphatic carbocycles. The van der Waals surface area contributed by atoms with Crippen LogP contribution in [0, 0.1) is 0 Å². The Morgan fingerprint density at radius 2 is 1.44 bits per heavy atom. The van der Waals surface area contributed by atoms with Crippen LogP contribution < -0.4 is 0 Å². The van der Waals surface area contributed by atoms with Gasteiger partial charge in [-0.05, 0) is 12.8 Å². The van der Waals surface area contributed by atoms with Gasteiger partial charge in [0.2, 0.25) is 0 Å². The maximum Gasteiger partial charge on any atom is 0.132 e. The molecule has 0 radical (unpaired) electrons. The Labute approximate surface area is 56.6 Å². The Kier molecular flexibility index (Phi) is 9.69. The summed E-state index contributed by atoms with van der Waals surface area (Å²) in [5.74, 6) is 0.412. The molecule has 0 atom stereocenters. The second kappa shape index (κ2) is 7.63. The number of Topliss-reactive ketones (excluding diaryl/α,β-unsaturated/α-hetero) is 1. The Morgan fingerprint density at radius 3 is 1.67 bits per heavy atom. The second-order valence-corrected chi connectivity index (χ2v) is 2.04. The third-order valence-electron chi connectivity index (χ3n) is 1.06. The highest BCUT2D eigenvalue weighted by Crippen LogP contribution is 1.95. The molecular weight excluding hydrogens is 116 g/mol. The standard InChI is InChI=1S/C7H14O.H2O/c1-3-5-7(8)6-4-2;/h3-6H2,1-2H3;1H2. The number of carbonyl (C=O) groups is 1. The zero-order valence-electron chi connectivity index (χ0n) is 6.24. The summed E-state index contributed by atoms with van der Waals surface area (Å²) in [7, 11) is 0. The van der Waals surface area contributed by atoms with Crippen molar-refractivity contribution in [3.05, 3.63) is 0 Å². The van der Waals surface area contributed by atoms with Crippen LogP contribution in [-0.4, -0.2) is 11.3 Å². The largest absolute Gasteiger partial charge is 0.412 e. The van der Waals surface area contributed by atoms with E-state index < -0.39 is 0 Å². The first-order chi connectivity index (χ1) is 3.81. The van der Waals surface area contributed by atoms with Gasteiger partial charge in [0.05, 0.1) is 0 Å². The molecule has 0 bridgehead atoms. The molecule has 0 amide bonds. The first kappa shape index (κ1) is 11.4. The lowest BCUT2D eigenvalue weighted by atomic mass is 10.1. The summed E-state index contributed by atoms with van der Waals surface area (Å²) in [6.45, 7) is 4.07. The maximum atomic E-state index is 10.6. The molecule has 2 N–H and O–H groups in total. The van der Waals surface area contributed by atoms with Crippen molar-refractivity contribution < 1.29 is 10.3 Å². The number of carbonyl (C=O) groups excluding carboxylic acids is 1. The summed E-state index contributed by atoms with van der Waals surface area (Å²) in [6.07, 6.45) is 3.54. The van der Waals surface area contributed by atoms with E-state index in [4.69, 9.17) is 0 Å². The van der Waals surface area contributed by atoms with E-state index in [0.29, 0.717) is 5.78 Å². The van der Waals surface area contributed by atoms with Crippen LogP contribution in [0.25, 0.3) is 0 Å². The average Bonchev–Trinajstić information content (AvgIpc) is 1.68. The molecule has 0 aromatic rings. The van der Waals surface area contributed by atoms with E-state index in [9.17, 15) is 4.79 Å². The van der Waals surface area contributed by atoms with Gasteiger partial charge in [-0.3, -0.25) is 4.79 Å². The van der Waals surface area contributed by atoms with Crippen molar-refractivity contribution in [1.29, 1.82) is 0 Å². The third kappa shape index (κ3) is 7.63. The third-order valence-corrected chi connectivity index (χ3v) is 1.06. The van der Waals surface area contributed by atoms with Crippen LogP contribution in [0.5, 0.6) is 0 Å². The average molecular weight is 132 g/mol. The van der Waals surface area contributed by atoms with E-state index in [1.165, 1.54) is 0 Å². The van der Waals surface area contributed by atoms with Gasteiger partial charge in [0.15, 0.2) is 0 Å². The van der Waals surface area contributed by atoms with Gasteiger partial charge in [-0.15, -0.1) is 0 Å². The van der Waals surface area contributed by atoms with Crippen LogP contribution in [-0.2, 0) is 4.79 Å². The van der Waals surface area contributed by atoms with Gasteiger partial charge in [-0.25, -0.2) is 0 Å². The molecule has 9 heavy (non-hydrogen) atoms. The van der Waals surface area contributed by atoms with Crippen molar-refractivity contribution in [1.82, 2.24) is 0 Å². The van der Waals surface area contributed by atoms with Crippen LogP contribution in [0.15, 0.2) is 0 Å². The Morgan fingerprint density at radius 1 is 1.11 bits per heavy atom. The minimum absolute atomic E-state index is 0. The Balaban J connectivity index is 0. The minimum Gasteiger partial charge on any atom is -0.412 e. The van der Waals surface area contributed by atoms with Crippen LogP contribution in [0.1, 0.15) is 39.5 Å². The first-order valence-electron chi connectivity index (χ1n) is 3.33. The van der Waals surface area contributed by atoms with E-state index in [1.807, 2.05) is 13.8 Å². The van der Waals surface area contributed by atoms with Gasteiger partial charge in [0, 0.05) is 12.8 Å². The number of hydrogen-bond donors (Lipinski definition) is 0. The summed E-state index contributed by atoms with van der Waals surface area (Å²) in [5, 5.41) is 0. The van der Waals surface area contributed by atoms with Crippen molar-refractivity contribution in [3.8, 4) is 0 Å². The van der Waals surface area contributed by atoms with Crippen LogP contribution in [0.3, 0.4) is 0 Å². The monoisotopic (exact) mass is 132 g/mol. The predicted molar refractivity (Wildman–Crippen MR) is 38.4 cm³/mol. The zero-order valence-corrected chi connectivity index (χ0v) is 6.24. The molecule has 0 aromatic heterocycles. The van der Waals surface area contributed by atoms with Gasteiger partial charge >= 0.3 is 0 Å². The van der Waals surface area contributed by atoms with Crippen molar-refractivity contribution in [2.45, 2.75) is 39.5 Å². The molecule has 0 aliphatic heterocycles. The molecule has 2 heteroatoms. The molecule has 0 rings (SSSR count). The van der Waals surface area contributed by atoms with E-state index in [1.54, 1.807) is 0 Å². The normalized spacial score (nSPS) is 8.22. The maximum absolute atomic E-state index is 10.6. The molecule has 0 saturated carbocycles. The Hall–Kier alpha value is -0.370. The molecule has 2 nitrogen and oxygen atoms in total. The smallest absolute Gasteiger partial charge is 0.132 e. The van der Waals surface area contributed by atoms with Crippen LogP contribution in [0.4, 0.5) is 0 Å². The molecule has 0 aliphatic rings. The van der Waals surface area contributed by atoms with E-state index in [2.05, 4.69) is 0 Å². The SMILES string of the molecule is CCCC(=O)CCC.O. The quantitative estimate of drug-likeness (QED) is 0.569. The van der Waals surface area contributed by atoms with Crippen LogP contribution in [0.2, 0.25) is 0 Å². The summed E-state index contributed by atoms with van der Waals surface area (Å²) >= 11 is 0. The van der Waals surface area contributed by atoms with E-state index >= 15 is 0 Å². The molecule has 0 saturated heterocycles. The van der Waals surface area contributed by atoms with Crippen molar-refractivity contribution in [2.24, 2.45) is 0 Å². The van der Waals surface area contributed by atoms with Gasteiger partial charge in [0.25, 0.3) is 0 Å². The fourth-order valence-electron chi connectivity index (χ4n) is 0.683. The van der Waals surface area contributed by atoms with Crippen molar-refractivity contribution >= 4 is 5.78 Å². The van der Waals surface area contributed by atoms with E-state index in [-0.39, 0.29) is 5.48 Å². The highest BCUT2D eigenvalue weighted by Gasteiger charge is 1.94. The fourth-order valence-corrected chi connectivity index (χ4v) is 0.683. The lowest BCUT2D eigenvalue weighted by molar-refractivity contribution is -0.119. The lowest BCUT2D eigenvalue weighted by Gasteiger charge is -1.91. The number of rotatable bonds is 4. The lowest BCUT2D eigenvalue weighted by Crippen LogP contribution is -1.93. The number of ketones is 1. The van der Waals surface area contributed by atoms with Gasteiger partial charge in [0.1, 0.15) is 5.78 Å². The predicted octanol–water partition coefficient (Wildman–Crippen LogP) is 1.33. The molecule has 0 fully saturated rings. The molecule has 0 unspecified atom stereocenters. The summed E-state index contributed by atoms with van der Waals surface area (Å²) in [4.78, 5) is 10.6. The zero-order chi connectivity index (χ0) is 6.41. The molecule has 56 valence electrons. The second-order valence-electron chi connectivity index (χ2n) is 2.04. The van der Waals surface area contributed by atoms with Gasteiger partial charge in [-0.2, -0.15) is 0 Å². The summed E-state index contributed by atoms with van der Waals surface area (Å²) in [6, 6.07) is 0. The highest BCUT2D eigenvalue weighted by atomic mass is 16.1. The molecule has 0 aromatic carbocycles. The minimum atomic E-state index is 0. The fraction of sp³-hybridized carbons (Fsp3) is 0.857. The molecular formula is C7H16O2. The van der Waals surface area contributed by atoms with Crippen molar-refractivity contribution in [2.75, 3.05) is 0 Å². The molecule has 0 spiro atoms. The summed E-state index contributed by atoms with van der Waals surface area (Å²) < 4.78 is 0. The van der Waals surface area contributed by atoms with Gasteiger partial charge in [-0.1, -0.05) is 13.8 Å². The van der Waals surface area contributed by atoms with Crippen molar-refractivity contribution in [3.63, 3.8) is 0 Å². The Bertz CT molecular complexity index is 61.3. The van der Waals surface area contributed by atoms with E-state index in [0.717, 1.165) is 25.7 Å². The summed E-state index contributed by atoms with van der Waals surface area (Å²) in [5.41, 5.74) is 0. The number of hydrogen-bond acceptors (Lipinski definition) is 1. The molecule has 0 heterocycles. The highest BCUT2D eigenvalue weighted by molar-refractivity contribution is 5.78. The van der Waals surface area contributed by atoms with Gasteiger partial charge < -0.3 is 5.48 Å². The van der Waals surface area contributed by atoms with Crippen LogP contribution >= 0.6 is 0 Å². The first-order valence-corrected chi connectivity index (χ1v) is 3.33. The topological polar surface area (TPSA) is 48.6 Å².